The number of aryl methyl sites for hydroxylation is 1. The molecule has 4 rings (SSSR count). The van der Waals surface area contributed by atoms with E-state index in [0.29, 0.717) is 36.0 Å². The van der Waals surface area contributed by atoms with E-state index in [2.05, 4.69) is 10.3 Å². The average Bonchev–Trinajstić information content (AvgIpc) is 2.94. The number of methoxy groups -OCH3 is 1. The molecule has 2 aromatic heterocycles. The predicted molar refractivity (Wildman–Crippen MR) is 117 cm³/mol. The fourth-order valence-corrected chi connectivity index (χ4v) is 5.39. The number of ether oxygens (including phenoxy) is 1. The first-order chi connectivity index (χ1) is 14.5. The van der Waals surface area contributed by atoms with Crippen LogP contribution in [0.2, 0.25) is 0 Å². The van der Waals surface area contributed by atoms with Crippen molar-refractivity contribution in [2.24, 2.45) is 0 Å². The second-order valence-corrected chi connectivity index (χ2v) is 9.68. The van der Waals surface area contributed by atoms with Gasteiger partial charge < -0.3 is 14.5 Å². The van der Waals surface area contributed by atoms with E-state index in [1.807, 2.05) is 35.9 Å². The van der Waals surface area contributed by atoms with Crippen LogP contribution in [0, 0.1) is 6.92 Å². The predicted octanol–water partition coefficient (Wildman–Crippen LogP) is 3.83. The number of pyridine rings is 1. The van der Waals surface area contributed by atoms with E-state index in [9.17, 15) is 8.42 Å². The maximum absolute atomic E-state index is 13.2. The number of imidazole rings is 1. The monoisotopic (exact) mass is 428 g/mol. The molecule has 1 aromatic carbocycles. The Hall–Kier alpha value is -2.58. The molecule has 1 N–H and O–H groups in total. The molecule has 0 aliphatic carbocycles. The van der Waals surface area contributed by atoms with E-state index in [1.165, 1.54) is 0 Å². The quantitative estimate of drug-likeness (QED) is 0.646. The van der Waals surface area contributed by atoms with E-state index in [1.54, 1.807) is 29.6 Å². The minimum atomic E-state index is -3.52. The minimum Gasteiger partial charge on any atom is -0.495 e. The molecule has 0 atom stereocenters. The van der Waals surface area contributed by atoms with Crippen LogP contribution in [0.15, 0.2) is 47.6 Å². The summed E-state index contributed by atoms with van der Waals surface area (Å²) in [6.45, 7) is 3.67. The number of sulfonamides is 1. The molecule has 1 aliphatic heterocycles. The second-order valence-electron chi connectivity index (χ2n) is 7.74. The van der Waals surface area contributed by atoms with Crippen LogP contribution in [0.5, 0.6) is 5.75 Å². The molecule has 0 radical (unpaired) electrons. The van der Waals surface area contributed by atoms with Crippen LogP contribution in [0.3, 0.4) is 0 Å². The molecule has 3 heterocycles. The van der Waals surface area contributed by atoms with Crippen LogP contribution in [0.25, 0.3) is 5.65 Å². The maximum Gasteiger partial charge on any atom is 0.243 e. The number of nitrogens with one attached hydrogen (secondary N) is 1. The van der Waals surface area contributed by atoms with E-state index in [0.717, 1.165) is 42.6 Å². The zero-order valence-electron chi connectivity index (χ0n) is 17.5. The van der Waals surface area contributed by atoms with Gasteiger partial charge in [-0.3, -0.25) is 0 Å². The average molecular weight is 429 g/mol. The lowest BCUT2D eigenvalue weighted by Gasteiger charge is -2.21. The second kappa shape index (κ2) is 8.65. The Balaban J connectivity index is 1.57. The van der Waals surface area contributed by atoms with Gasteiger partial charge in [-0.2, -0.15) is 4.31 Å². The highest BCUT2D eigenvalue weighted by Gasteiger charge is 2.26. The first kappa shape index (κ1) is 20.7. The highest BCUT2D eigenvalue weighted by atomic mass is 32.2. The normalized spacial score (nSPS) is 15.8. The third-order valence-corrected chi connectivity index (χ3v) is 7.38. The van der Waals surface area contributed by atoms with Gasteiger partial charge in [-0.25, -0.2) is 13.4 Å². The van der Waals surface area contributed by atoms with Crippen LogP contribution in [0.4, 0.5) is 5.69 Å². The van der Waals surface area contributed by atoms with Gasteiger partial charge in [0.05, 0.1) is 29.9 Å². The topological polar surface area (TPSA) is 75.9 Å². The van der Waals surface area contributed by atoms with Crippen molar-refractivity contribution in [3.63, 3.8) is 0 Å². The smallest absolute Gasteiger partial charge is 0.243 e. The third kappa shape index (κ3) is 4.29. The molecule has 7 nitrogen and oxygen atoms in total. The van der Waals surface area contributed by atoms with Crippen molar-refractivity contribution in [3.05, 3.63) is 54.0 Å². The number of rotatable bonds is 6. The van der Waals surface area contributed by atoms with E-state index in [4.69, 9.17) is 4.74 Å². The molecule has 1 aliphatic rings. The number of nitrogens with zero attached hydrogens (tertiary/aromatic N) is 3. The third-order valence-electron chi connectivity index (χ3n) is 5.48. The van der Waals surface area contributed by atoms with Crippen molar-refractivity contribution in [1.29, 1.82) is 0 Å². The van der Waals surface area contributed by atoms with Crippen molar-refractivity contribution in [2.45, 2.75) is 44.0 Å². The van der Waals surface area contributed by atoms with Crippen molar-refractivity contribution in [3.8, 4) is 5.75 Å². The summed E-state index contributed by atoms with van der Waals surface area (Å²) in [6, 6.07) is 9.00. The lowest BCUT2D eigenvalue weighted by atomic mass is 10.2. The molecule has 0 spiro atoms. The highest BCUT2D eigenvalue weighted by Crippen LogP contribution is 2.30. The zero-order valence-corrected chi connectivity index (χ0v) is 18.3. The summed E-state index contributed by atoms with van der Waals surface area (Å²) in [6.07, 6.45) is 7.99. The molecule has 0 unspecified atom stereocenters. The lowest BCUT2D eigenvalue weighted by molar-refractivity contribution is 0.414. The summed E-state index contributed by atoms with van der Waals surface area (Å²) in [7, 11) is -1.94. The number of aromatic nitrogens is 2. The molecule has 30 heavy (non-hydrogen) atoms. The van der Waals surface area contributed by atoms with E-state index >= 15 is 0 Å². The van der Waals surface area contributed by atoms with Gasteiger partial charge in [0.2, 0.25) is 10.0 Å². The number of anilines is 1. The molecule has 1 fully saturated rings. The van der Waals surface area contributed by atoms with Crippen molar-refractivity contribution >= 4 is 21.4 Å². The number of hydrogen-bond acceptors (Lipinski definition) is 5. The summed E-state index contributed by atoms with van der Waals surface area (Å²) in [4.78, 5) is 4.90. The molecule has 8 heteroatoms. The van der Waals surface area contributed by atoms with Crippen molar-refractivity contribution in [2.75, 3.05) is 25.5 Å². The molecule has 3 aromatic rings. The van der Waals surface area contributed by atoms with Gasteiger partial charge in [0.25, 0.3) is 0 Å². The van der Waals surface area contributed by atoms with Gasteiger partial charge in [0, 0.05) is 25.5 Å². The molecular formula is C22H28N4O3S. The fraction of sp³-hybridized carbons (Fsp3) is 0.409. The number of hydrogen-bond donors (Lipinski definition) is 1. The summed E-state index contributed by atoms with van der Waals surface area (Å²) in [5, 5.41) is 3.30. The van der Waals surface area contributed by atoms with Crippen LogP contribution >= 0.6 is 0 Å². The zero-order chi connectivity index (χ0) is 21.1. The van der Waals surface area contributed by atoms with E-state index < -0.39 is 10.0 Å². The minimum absolute atomic E-state index is 0.290. The molecule has 0 bridgehead atoms. The molecule has 160 valence electrons. The Morgan fingerprint density at radius 2 is 1.83 bits per heavy atom. The van der Waals surface area contributed by atoms with Gasteiger partial charge in [-0.1, -0.05) is 18.9 Å². The number of fused-ring (bicyclic) bond motifs is 1. The highest BCUT2D eigenvalue weighted by molar-refractivity contribution is 7.89. The summed E-state index contributed by atoms with van der Waals surface area (Å²) >= 11 is 0. The summed E-state index contributed by atoms with van der Waals surface area (Å²) < 4.78 is 35.4. The maximum atomic E-state index is 13.2. The Bertz CT molecular complexity index is 1130. The first-order valence-corrected chi connectivity index (χ1v) is 11.8. The van der Waals surface area contributed by atoms with Gasteiger partial charge in [0.1, 0.15) is 11.4 Å². The largest absolute Gasteiger partial charge is 0.495 e. The standard InChI is InChI=1S/C22H28N4O3S/c1-17-7-10-22-24-18(16-25(22)15-17)14-23-20-13-19(8-9-21(20)29-2)30(27,28)26-11-5-3-4-6-12-26/h7-10,13,15-16,23H,3-6,11-12,14H2,1-2H3. The van der Waals surface area contributed by atoms with Gasteiger partial charge in [0.15, 0.2) is 0 Å². The van der Waals surface area contributed by atoms with Gasteiger partial charge in [-0.15, -0.1) is 0 Å². The Labute approximate surface area is 177 Å². The molecule has 0 amide bonds. The lowest BCUT2D eigenvalue weighted by Crippen LogP contribution is -2.32. The molecule has 1 saturated heterocycles. The van der Waals surface area contributed by atoms with Crippen LogP contribution in [-0.4, -0.2) is 42.3 Å². The Kier molecular flexibility index (Phi) is 5.97. The molecule has 0 saturated carbocycles. The van der Waals surface area contributed by atoms with E-state index in [-0.39, 0.29) is 0 Å². The van der Waals surface area contributed by atoms with Crippen molar-refractivity contribution < 1.29 is 13.2 Å². The summed E-state index contributed by atoms with van der Waals surface area (Å²) in [5.41, 5.74) is 3.54. The Morgan fingerprint density at radius 3 is 2.57 bits per heavy atom. The van der Waals surface area contributed by atoms with Crippen LogP contribution < -0.4 is 10.1 Å². The summed E-state index contributed by atoms with van der Waals surface area (Å²) in [5.74, 6) is 0.601. The van der Waals surface area contributed by atoms with Crippen LogP contribution in [-0.2, 0) is 16.6 Å². The Morgan fingerprint density at radius 1 is 1.07 bits per heavy atom. The fourth-order valence-electron chi connectivity index (χ4n) is 3.84. The molecular weight excluding hydrogens is 400 g/mol. The van der Waals surface area contributed by atoms with Gasteiger partial charge >= 0.3 is 0 Å². The van der Waals surface area contributed by atoms with Crippen molar-refractivity contribution in [1.82, 2.24) is 13.7 Å². The SMILES string of the molecule is COc1ccc(S(=O)(=O)N2CCCCCC2)cc1NCc1cn2cc(C)ccc2n1. The van der Waals surface area contributed by atoms with Crippen LogP contribution in [0.1, 0.15) is 36.9 Å². The number of benzene rings is 1. The first-order valence-electron chi connectivity index (χ1n) is 10.3. The van der Waals surface area contributed by atoms with Gasteiger partial charge in [-0.05, 0) is 49.6 Å².